The topological polar surface area (TPSA) is 127 Å². The molecule has 2 saturated heterocycles. The fourth-order valence-corrected chi connectivity index (χ4v) is 4.17. The number of amides is 1. The molecule has 5 rings (SSSR count). The van der Waals surface area contributed by atoms with Gasteiger partial charge in [-0.15, -0.1) is 5.10 Å². The highest BCUT2D eigenvalue weighted by molar-refractivity contribution is 5.92. The van der Waals surface area contributed by atoms with Gasteiger partial charge in [0.25, 0.3) is 0 Å². The molecule has 11 heteroatoms. The van der Waals surface area contributed by atoms with Crippen LogP contribution in [0.1, 0.15) is 23.3 Å². The van der Waals surface area contributed by atoms with E-state index < -0.39 is 24.3 Å². The number of carbonyl (C=O) groups excluding carboxylic acids is 2. The predicted octanol–water partition coefficient (Wildman–Crippen LogP) is 2.47. The van der Waals surface area contributed by atoms with E-state index in [4.69, 9.17) is 18.9 Å². The van der Waals surface area contributed by atoms with Crippen LogP contribution < -0.4 is 5.32 Å². The zero-order valence-electron chi connectivity index (χ0n) is 18.4. The highest BCUT2D eigenvalue weighted by Gasteiger charge is 2.51. The molecule has 0 saturated carbocycles. The maximum absolute atomic E-state index is 12.5. The lowest BCUT2D eigenvalue weighted by Crippen LogP contribution is -2.35. The molecule has 4 unspecified atom stereocenters. The highest BCUT2D eigenvalue weighted by Crippen LogP contribution is 2.36. The third-order valence-electron chi connectivity index (χ3n) is 5.70. The van der Waals surface area contributed by atoms with Crippen molar-refractivity contribution in [1.29, 1.82) is 0 Å². The van der Waals surface area contributed by atoms with E-state index in [0.29, 0.717) is 23.7 Å². The third-order valence-corrected chi connectivity index (χ3v) is 5.70. The number of benzene rings is 2. The maximum atomic E-state index is 12.5. The first-order valence-electron chi connectivity index (χ1n) is 11.0. The summed E-state index contributed by atoms with van der Waals surface area (Å²) in [7, 11) is 0. The van der Waals surface area contributed by atoms with Gasteiger partial charge in [-0.2, -0.15) is 0 Å². The summed E-state index contributed by atoms with van der Waals surface area (Å²) in [6.07, 6.45) is -2.08. The first kappa shape index (κ1) is 22.0. The Morgan fingerprint density at radius 2 is 1.91 bits per heavy atom. The van der Waals surface area contributed by atoms with E-state index in [1.807, 2.05) is 30.3 Å². The number of esters is 1. The van der Waals surface area contributed by atoms with Crippen molar-refractivity contribution < 1.29 is 28.5 Å². The molecule has 2 aliphatic rings. The molecule has 0 bridgehead atoms. The zero-order chi connectivity index (χ0) is 23.5. The molecule has 4 atom stereocenters. The lowest BCUT2D eigenvalue weighted by molar-refractivity contribution is 0.00774. The molecule has 2 aromatic carbocycles. The van der Waals surface area contributed by atoms with Gasteiger partial charge in [-0.1, -0.05) is 36.4 Å². The molecule has 11 nitrogen and oxygen atoms in total. The minimum Gasteiger partial charge on any atom is -0.462 e. The van der Waals surface area contributed by atoms with Gasteiger partial charge in [-0.3, -0.25) is 5.32 Å². The van der Waals surface area contributed by atoms with Crippen LogP contribution in [0.25, 0.3) is 11.4 Å². The highest BCUT2D eigenvalue weighted by atomic mass is 16.6. The van der Waals surface area contributed by atoms with Gasteiger partial charge in [-0.05, 0) is 35.5 Å². The third kappa shape index (κ3) is 4.35. The molecule has 0 radical (unpaired) electrons. The number of carbonyl (C=O) groups is 2. The van der Waals surface area contributed by atoms with Crippen molar-refractivity contribution >= 4 is 17.7 Å². The molecule has 1 aromatic heterocycles. The van der Waals surface area contributed by atoms with E-state index in [1.165, 1.54) is 6.07 Å². The van der Waals surface area contributed by atoms with E-state index in [-0.39, 0.29) is 25.4 Å². The SMILES string of the molecule is CCOC(=O)c1cccc(NC(=O)OC2COC3C2OCC3n2nnnc2-c2ccccc2)c1. The summed E-state index contributed by atoms with van der Waals surface area (Å²) < 4.78 is 24.1. The van der Waals surface area contributed by atoms with E-state index in [2.05, 4.69) is 20.8 Å². The fourth-order valence-electron chi connectivity index (χ4n) is 4.17. The number of nitrogens with one attached hydrogen (secondary N) is 1. The van der Waals surface area contributed by atoms with Crippen LogP contribution in [-0.4, -0.2) is 70.4 Å². The number of tetrazole rings is 1. The second-order valence-corrected chi connectivity index (χ2v) is 7.85. The Morgan fingerprint density at radius 1 is 1.09 bits per heavy atom. The van der Waals surface area contributed by atoms with Crippen molar-refractivity contribution in [2.24, 2.45) is 0 Å². The van der Waals surface area contributed by atoms with Gasteiger partial charge in [0.2, 0.25) is 0 Å². The fraction of sp³-hybridized carbons (Fsp3) is 0.348. The molecule has 2 aliphatic heterocycles. The number of hydrogen-bond donors (Lipinski definition) is 1. The van der Waals surface area contributed by atoms with Gasteiger partial charge < -0.3 is 18.9 Å². The predicted molar refractivity (Wildman–Crippen MR) is 118 cm³/mol. The normalized spacial score (nSPS) is 23.3. The van der Waals surface area contributed by atoms with Gasteiger partial charge in [0.1, 0.15) is 18.2 Å². The first-order valence-corrected chi connectivity index (χ1v) is 11.0. The van der Waals surface area contributed by atoms with E-state index in [1.54, 1.807) is 29.8 Å². The number of ether oxygens (including phenoxy) is 4. The van der Waals surface area contributed by atoms with Crippen LogP contribution >= 0.6 is 0 Å². The van der Waals surface area contributed by atoms with Crippen LogP contribution in [0.3, 0.4) is 0 Å². The average Bonchev–Trinajstić information content (AvgIpc) is 3.57. The smallest absolute Gasteiger partial charge is 0.412 e. The summed E-state index contributed by atoms with van der Waals surface area (Å²) in [6.45, 7) is 2.50. The lowest BCUT2D eigenvalue weighted by Gasteiger charge is -2.18. The summed E-state index contributed by atoms with van der Waals surface area (Å²) in [4.78, 5) is 24.4. The van der Waals surface area contributed by atoms with Crippen molar-refractivity contribution in [3.8, 4) is 11.4 Å². The molecule has 1 N–H and O–H groups in total. The van der Waals surface area contributed by atoms with E-state index >= 15 is 0 Å². The molecular formula is C23H23N5O6. The monoisotopic (exact) mass is 465 g/mol. The minimum absolute atomic E-state index is 0.185. The molecule has 2 fully saturated rings. The number of fused-ring (bicyclic) bond motifs is 1. The molecule has 3 heterocycles. The van der Waals surface area contributed by atoms with Gasteiger partial charge in [0.15, 0.2) is 11.9 Å². The number of rotatable bonds is 6. The second-order valence-electron chi connectivity index (χ2n) is 7.85. The lowest BCUT2D eigenvalue weighted by atomic mass is 10.1. The molecule has 34 heavy (non-hydrogen) atoms. The Hall–Kier alpha value is -3.83. The quantitative estimate of drug-likeness (QED) is 0.546. The Kier molecular flexibility index (Phi) is 6.19. The van der Waals surface area contributed by atoms with Crippen LogP contribution in [0.5, 0.6) is 0 Å². The first-order chi connectivity index (χ1) is 16.6. The zero-order valence-corrected chi connectivity index (χ0v) is 18.4. The molecule has 3 aromatic rings. The van der Waals surface area contributed by atoms with Gasteiger partial charge in [0, 0.05) is 11.3 Å². The Morgan fingerprint density at radius 3 is 2.74 bits per heavy atom. The maximum Gasteiger partial charge on any atom is 0.412 e. The number of hydrogen-bond acceptors (Lipinski definition) is 9. The Bertz CT molecular complexity index is 1170. The van der Waals surface area contributed by atoms with Crippen molar-refractivity contribution in [3.05, 3.63) is 60.2 Å². The van der Waals surface area contributed by atoms with E-state index in [9.17, 15) is 9.59 Å². The second kappa shape index (κ2) is 9.57. The molecule has 0 aliphatic carbocycles. The van der Waals surface area contributed by atoms with Crippen LogP contribution in [-0.2, 0) is 18.9 Å². The van der Waals surface area contributed by atoms with Crippen LogP contribution in [0, 0.1) is 0 Å². The van der Waals surface area contributed by atoms with Crippen molar-refractivity contribution in [2.75, 3.05) is 25.1 Å². The van der Waals surface area contributed by atoms with Gasteiger partial charge in [0.05, 0.1) is 25.4 Å². The van der Waals surface area contributed by atoms with Gasteiger partial charge in [-0.25, -0.2) is 14.3 Å². The largest absolute Gasteiger partial charge is 0.462 e. The van der Waals surface area contributed by atoms with Crippen LogP contribution in [0.2, 0.25) is 0 Å². The Labute approximate surface area is 194 Å². The molecule has 176 valence electrons. The minimum atomic E-state index is -0.672. The molecule has 1 amide bonds. The van der Waals surface area contributed by atoms with E-state index in [0.717, 1.165) is 5.56 Å². The van der Waals surface area contributed by atoms with Crippen molar-refractivity contribution in [1.82, 2.24) is 20.2 Å². The van der Waals surface area contributed by atoms with Crippen molar-refractivity contribution in [2.45, 2.75) is 31.3 Å². The summed E-state index contributed by atoms with van der Waals surface area (Å²) >= 11 is 0. The molecule has 0 spiro atoms. The van der Waals surface area contributed by atoms with Crippen molar-refractivity contribution in [3.63, 3.8) is 0 Å². The summed E-state index contributed by atoms with van der Waals surface area (Å²) in [5.74, 6) is 0.150. The number of aromatic nitrogens is 4. The summed E-state index contributed by atoms with van der Waals surface area (Å²) in [6, 6.07) is 15.8. The standard InChI is InChI=1S/C23H23N5O6/c1-2-31-22(29)15-9-6-10-16(11-15)24-23(30)34-18-13-33-19-17(12-32-20(18)19)28-21(25-26-27-28)14-7-4-3-5-8-14/h3-11,17-20H,2,12-13H2,1H3,(H,24,30). The average molecular weight is 465 g/mol. The van der Waals surface area contributed by atoms with Crippen LogP contribution in [0.4, 0.5) is 10.5 Å². The number of nitrogens with zero attached hydrogens (tertiary/aromatic N) is 4. The number of anilines is 1. The Balaban J connectivity index is 1.23. The van der Waals surface area contributed by atoms with Crippen LogP contribution in [0.15, 0.2) is 54.6 Å². The molecular weight excluding hydrogens is 442 g/mol. The van der Waals surface area contributed by atoms with Gasteiger partial charge >= 0.3 is 12.1 Å². The summed E-state index contributed by atoms with van der Waals surface area (Å²) in [5, 5.41) is 14.8. The summed E-state index contributed by atoms with van der Waals surface area (Å²) in [5.41, 5.74) is 1.63.